The molecule has 0 amide bonds. The normalized spacial score (nSPS) is 9.88. The molecule has 0 fully saturated rings. The molecule has 1 aromatic rings. The van der Waals surface area contributed by atoms with Gasteiger partial charge in [0.15, 0.2) is 5.96 Å². The van der Waals surface area contributed by atoms with Crippen LogP contribution in [0, 0.1) is 0 Å². The highest BCUT2D eigenvalue weighted by Gasteiger charge is 2.03. The minimum Gasteiger partial charge on any atom is -0.494 e. The summed E-state index contributed by atoms with van der Waals surface area (Å²) in [6.45, 7) is 3.09. The molecule has 0 spiro atoms. The van der Waals surface area contributed by atoms with Gasteiger partial charge in [-0.25, -0.2) is 0 Å². The van der Waals surface area contributed by atoms with Crippen LogP contribution in [0.5, 0.6) is 5.75 Å². The Morgan fingerprint density at radius 2 is 2.19 bits per heavy atom. The minimum atomic E-state index is 0.0972. The molecule has 1 aromatic carbocycles. The van der Waals surface area contributed by atoms with Gasteiger partial charge >= 0.3 is 0 Å². The zero-order chi connectivity index (χ0) is 12.0. The van der Waals surface area contributed by atoms with E-state index in [1.54, 1.807) is 6.07 Å². The topological polar surface area (TPSA) is 73.6 Å². The molecule has 88 valence electrons. The van der Waals surface area contributed by atoms with Crippen molar-refractivity contribution in [1.29, 1.82) is 0 Å². The van der Waals surface area contributed by atoms with Gasteiger partial charge in [-0.1, -0.05) is 11.6 Å². The smallest absolute Gasteiger partial charge is 0.185 e. The molecule has 0 heterocycles. The van der Waals surface area contributed by atoms with Gasteiger partial charge in [0.25, 0.3) is 0 Å². The summed E-state index contributed by atoms with van der Waals surface area (Å²) in [5.41, 5.74) is 11.5. The second-order valence-corrected chi connectivity index (χ2v) is 3.68. The van der Waals surface area contributed by atoms with Gasteiger partial charge in [0.2, 0.25) is 0 Å². The highest BCUT2D eigenvalue weighted by atomic mass is 35.5. The number of guanidine groups is 1. The van der Waals surface area contributed by atoms with Crippen LogP contribution in [0.15, 0.2) is 23.2 Å². The van der Waals surface area contributed by atoms with Crippen LogP contribution in [0.3, 0.4) is 0 Å². The number of halogens is 1. The molecule has 0 aliphatic rings. The molecule has 0 aliphatic carbocycles. The van der Waals surface area contributed by atoms with Crippen molar-refractivity contribution in [2.24, 2.45) is 16.5 Å². The zero-order valence-corrected chi connectivity index (χ0v) is 10.00. The monoisotopic (exact) mass is 241 g/mol. The number of rotatable bonds is 5. The molecule has 4 nitrogen and oxygen atoms in total. The average molecular weight is 242 g/mol. The van der Waals surface area contributed by atoms with E-state index in [4.69, 9.17) is 27.8 Å². The van der Waals surface area contributed by atoms with Crippen molar-refractivity contribution in [1.82, 2.24) is 0 Å². The fourth-order valence-corrected chi connectivity index (χ4v) is 1.54. The van der Waals surface area contributed by atoms with E-state index in [9.17, 15) is 0 Å². The zero-order valence-electron chi connectivity index (χ0n) is 9.24. The first-order chi connectivity index (χ1) is 7.63. The van der Waals surface area contributed by atoms with E-state index < -0.39 is 0 Å². The predicted molar refractivity (Wildman–Crippen MR) is 67.0 cm³/mol. The summed E-state index contributed by atoms with van der Waals surface area (Å²) in [7, 11) is 0. The molecule has 4 N–H and O–H groups in total. The lowest BCUT2D eigenvalue weighted by Crippen LogP contribution is -2.23. The molecule has 5 heteroatoms. The van der Waals surface area contributed by atoms with E-state index in [0.717, 1.165) is 11.3 Å². The van der Waals surface area contributed by atoms with Crippen molar-refractivity contribution in [3.05, 3.63) is 28.8 Å². The third-order valence-corrected chi connectivity index (χ3v) is 2.23. The number of benzene rings is 1. The van der Waals surface area contributed by atoms with Gasteiger partial charge in [-0.15, -0.1) is 0 Å². The van der Waals surface area contributed by atoms with Crippen molar-refractivity contribution >= 4 is 17.6 Å². The van der Waals surface area contributed by atoms with E-state index in [1.807, 2.05) is 19.1 Å². The van der Waals surface area contributed by atoms with E-state index in [-0.39, 0.29) is 5.96 Å². The summed E-state index contributed by atoms with van der Waals surface area (Å²) >= 11 is 5.92. The standard InChI is InChI=1S/C11H16ClN3O/c1-2-16-10-4-3-9(12)7-8(10)5-6-15-11(13)14/h3-4,7H,2,5-6H2,1H3,(H4,13,14,15). The first-order valence-corrected chi connectivity index (χ1v) is 5.48. The summed E-state index contributed by atoms with van der Waals surface area (Å²) in [4.78, 5) is 3.92. The van der Waals surface area contributed by atoms with Crippen molar-refractivity contribution in [2.45, 2.75) is 13.3 Å². The third-order valence-electron chi connectivity index (χ3n) is 2.00. The lowest BCUT2D eigenvalue weighted by Gasteiger charge is -2.09. The van der Waals surface area contributed by atoms with Gasteiger partial charge in [0.1, 0.15) is 5.75 Å². The van der Waals surface area contributed by atoms with E-state index in [1.165, 1.54) is 0 Å². The number of nitrogens with two attached hydrogens (primary N) is 2. The highest BCUT2D eigenvalue weighted by Crippen LogP contribution is 2.23. The summed E-state index contributed by atoms with van der Waals surface area (Å²) in [5, 5.41) is 0.683. The van der Waals surface area contributed by atoms with Crippen LogP contribution >= 0.6 is 11.6 Å². The number of aliphatic imine (C=N–C) groups is 1. The minimum absolute atomic E-state index is 0.0972. The Labute approximate surface area is 100 Å². The van der Waals surface area contributed by atoms with Gasteiger partial charge in [0.05, 0.1) is 6.61 Å². The molecule has 0 unspecified atom stereocenters. The molecule has 16 heavy (non-hydrogen) atoms. The molecule has 1 rings (SSSR count). The second kappa shape index (κ2) is 6.23. The molecule has 0 bridgehead atoms. The third kappa shape index (κ3) is 3.98. The lowest BCUT2D eigenvalue weighted by molar-refractivity contribution is 0.336. The molecular weight excluding hydrogens is 226 g/mol. The van der Waals surface area contributed by atoms with E-state index in [2.05, 4.69) is 4.99 Å². The van der Waals surface area contributed by atoms with E-state index >= 15 is 0 Å². The number of hydrogen-bond donors (Lipinski definition) is 2. The maximum absolute atomic E-state index is 5.92. The van der Waals surface area contributed by atoms with Crippen LogP contribution in [0.1, 0.15) is 12.5 Å². The predicted octanol–water partition coefficient (Wildman–Crippen LogP) is 1.55. The highest BCUT2D eigenvalue weighted by molar-refractivity contribution is 6.30. The summed E-state index contributed by atoms with van der Waals surface area (Å²) < 4.78 is 5.48. The Kier molecular flexibility index (Phi) is 4.92. The Hall–Kier alpha value is -1.42. The largest absolute Gasteiger partial charge is 0.494 e. The second-order valence-electron chi connectivity index (χ2n) is 3.24. The Morgan fingerprint density at radius 3 is 2.81 bits per heavy atom. The fraction of sp³-hybridized carbons (Fsp3) is 0.364. The van der Waals surface area contributed by atoms with Gasteiger partial charge in [-0.05, 0) is 37.1 Å². The van der Waals surface area contributed by atoms with Crippen molar-refractivity contribution in [3.63, 3.8) is 0 Å². The van der Waals surface area contributed by atoms with Crippen LogP contribution in [-0.4, -0.2) is 19.1 Å². The average Bonchev–Trinajstić information content (AvgIpc) is 2.21. The van der Waals surface area contributed by atoms with Gasteiger partial charge in [0, 0.05) is 11.6 Å². The number of hydrogen-bond acceptors (Lipinski definition) is 2. The van der Waals surface area contributed by atoms with Crippen LogP contribution in [-0.2, 0) is 6.42 Å². The van der Waals surface area contributed by atoms with Crippen LogP contribution in [0.4, 0.5) is 0 Å². The molecule has 0 radical (unpaired) electrons. The molecule has 0 atom stereocenters. The maximum Gasteiger partial charge on any atom is 0.185 e. The van der Waals surface area contributed by atoms with Crippen molar-refractivity contribution < 1.29 is 4.74 Å². The molecule has 0 saturated heterocycles. The van der Waals surface area contributed by atoms with Gasteiger partial charge < -0.3 is 16.2 Å². The van der Waals surface area contributed by atoms with Gasteiger partial charge in [-0.2, -0.15) is 0 Å². The number of nitrogens with zero attached hydrogens (tertiary/aromatic N) is 1. The van der Waals surface area contributed by atoms with Crippen molar-refractivity contribution in [3.8, 4) is 5.75 Å². The van der Waals surface area contributed by atoms with Crippen LogP contribution < -0.4 is 16.2 Å². The number of ether oxygens (including phenoxy) is 1. The Morgan fingerprint density at radius 1 is 1.44 bits per heavy atom. The maximum atomic E-state index is 5.92. The van der Waals surface area contributed by atoms with Crippen molar-refractivity contribution in [2.75, 3.05) is 13.2 Å². The van der Waals surface area contributed by atoms with Crippen LogP contribution in [0.25, 0.3) is 0 Å². The molecular formula is C11H16ClN3O. The molecule has 0 saturated carbocycles. The first-order valence-electron chi connectivity index (χ1n) is 5.10. The quantitative estimate of drug-likeness (QED) is 0.607. The fourth-order valence-electron chi connectivity index (χ4n) is 1.35. The SMILES string of the molecule is CCOc1ccc(Cl)cc1CCN=C(N)N. The lowest BCUT2D eigenvalue weighted by atomic mass is 10.1. The van der Waals surface area contributed by atoms with Gasteiger partial charge in [-0.3, -0.25) is 4.99 Å². The summed E-state index contributed by atoms with van der Waals surface area (Å²) in [6, 6.07) is 5.53. The molecule has 0 aliphatic heterocycles. The van der Waals surface area contributed by atoms with Crippen LogP contribution in [0.2, 0.25) is 5.02 Å². The summed E-state index contributed by atoms with van der Waals surface area (Å²) in [6.07, 6.45) is 0.702. The molecule has 0 aromatic heterocycles. The summed E-state index contributed by atoms with van der Waals surface area (Å²) in [5.74, 6) is 0.928. The Balaban J connectivity index is 2.75. The first kappa shape index (κ1) is 12.6. The van der Waals surface area contributed by atoms with E-state index in [0.29, 0.717) is 24.6 Å². The Bertz CT molecular complexity index is 375.